The highest BCUT2D eigenvalue weighted by atomic mass is 16.5. The standard InChI is InChI=1S/C45H72O5/c1-30(2)32-19-24-45(27-28-49-31-15-13-11-10-12-14-16-31)26-25-43(8)33(38(32)45)17-18-35-42(7)22-21-36(50-37(46)29-40(3,4)39(47)48)41(5,6)34(42)20-23-44(35,43)9/h15,32-36,38H,1,10-14,16-29H2,2-9H3,(H,47,48)/b31-15+/t32?,33-,34+,35-,36+,38-,42+,43-,44-,45-/m1/s1. The Morgan fingerprint density at radius 1 is 0.880 bits per heavy atom. The number of carboxylic acids is 1. The summed E-state index contributed by atoms with van der Waals surface area (Å²) in [5, 5.41) is 9.61. The van der Waals surface area contributed by atoms with Crippen molar-refractivity contribution in [3.8, 4) is 0 Å². The van der Waals surface area contributed by atoms with Crippen LogP contribution in [0.5, 0.6) is 0 Å². The predicted molar refractivity (Wildman–Crippen MR) is 201 cm³/mol. The Bertz CT molecular complexity index is 1340. The number of carbonyl (C=O) groups excluding carboxylic acids is 1. The van der Waals surface area contributed by atoms with Gasteiger partial charge in [0.25, 0.3) is 0 Å². The third-order valence-electron chi connectivity index (χ3n) is 17.3. The van der Waals surface area contributed by atoms with Crippen molar-refractivity contribution in [3.63, 3.8) is 0 Å². The van der Waals surface area contributed by atoms with Crippen LogP contribution in [0.15, 0.2) is 24.0 Å². The molecule has 0 heterocycles. The highest BCUT2D eigenvalue weighted by Gasteiger charge is 2.71. The van der Waals surface area contributed by atoms with Gasteiger partial charge >= 0.3 is 11.9 Å². The van der Waals surface area contributed by atoms with Crippen molar-refractivity contribution in [2.45, 2.75) is 177 Å². The first-order chi connectivity index (χ1) is 23.4. The lowest BCUT2D eigenvalue weighted by molar-refractivity contribution is -0.251. The second-order valence-corrected chi connectivity index (χ2v) is 20.5. The summed E-state index contributed by atoms with van der Waals surface area (Å²) in [4.78, 5) is 24.8. The third-order valence-corrected chi connectivity index (χ3v) is 17.3. The summed E-state index contributed by atoms with van der Waals surface area (Å²) in [5.74, 6) is 3.14. The van der Waals surface area contributed by atoms with E-state index in [2.05, 4.69) is 54.2 Å². The van der Waals surface area contributed by atoms with Crippen LogP contribution in [-0.2, 0) is 19.1 Å². The molecule has 6 rings (SSSR count). The fourth-order valence-electron chi connectivity index (χ4n) is 14.2. The summed E-state index contributed by atoms with van der Waals surface area (Å²) in [6.07, 6.45) is 23.2. The van der Waals surface area contributed by atoms with Gasteiger partial charge in [-0.25, -0.2) is 0 Å². The van der Waals surface area contributed by atoms with Gasteiger partial charge in [0, 0.05) is 11.8 Å². The van der Waals surface area contributed by atoms with Gasteiger partial charge in [-0.15, -0.1) is 0 Å². The van der Waals surface area contributed by atoms with E-state index in [9.17, 15) is 14.7 Å². The molecule has 0 aromatic heterocycles. The molecule has 0 amide bonds. The molecule has 6 aliphatic rings. The Morgan fingerprint density at radius 3 is 2.34 bits per heavy atom. The van der Waals surface area contributed by atoms with E-state index in [-0.39, 0.29) is 34.7 Å². The monoisotopic (exact) mass is 693 g/mol. The van der Waals surface area contributed by atoms with Crippen LogP contribution >= 0.6 is 0 Å². The van der Waals surface area contributed by atoms with Crippen molar-refractivity contribution in [2.24, 2.45) is 62.1 Å². The van der Waals surface area contributed by atoms with E-state index in [1.54, 1.807) is 13.8 Å². The molecule has 1 unspecified atom stereocenters. The van der Waals surface area contributed by atoms with Gasteiger partial charge in [-0.2, -0.15) is 0 Å². The Labute approximate surface area is 305 Å². The molecule has 6 aliphatic carbocycles. The van der Waals surface area contributed by atoms with E-state index in [1.807, 2.05) is 0 Å². The molecule has 0 radical (unpaired) electrons. The molecule has 5 nitrogen and oxygen atoms in total. The molecular formula is C45H72O5. The van der Waals surface area contributed by atoms with Gasteiger partial charge in [0.15, 0.2) is 0 Å². The van der Waals surface area contributed by atoms with Gasteiger partial charge in [0.1, 0.15) is 6.10 Å². The highest BCUT2D eigenvalue weighted by molar-refractivity contribution is 5.81. The molecule has 0 spiro atoms. The molecular weight excluding hydrogens is 620 g/mol. The summed E-state index contributed by atoms with van der Waals surface area (Å²) in [6.45, 7) is 23.8. The van der Waals surface area contributed by atoms with Crippen LogP contribution in [0, 0.1) is 62.1 Å². The summed E-state index contributed by atoms with van der Waals surface area (Å²) in [7, 11) is 0. The quantitative estimate of drug-likeness (QED) is 0.192. The van der Waals surface area contributed by atoms with E-state index in [0.717, 1.165) is 31.8 Å². The van der Waals surface area contributed by atoms with Crippen LogP contribution in [0.3, 0.4) is 0 Å². The SMILES string of the molecule is C=C(C)C1CC[C@]2(CCO/C3=C/CCCCCC3)CC[C@]3(C)[C@H](CC[C@@H]4[C@@]5(C)CC[C@H](OC(=O)CC(C)(C)C(=O)O)C(C)(C)[C@@H]5CC[C@]43C)[C@@H]12. The van der Waals surface area contributed by atoms with Gasteiger partial charge in [-0.3, -0.25) is 9.59 Å². The predicted octanol–water partition coefficient (Wildman–Crippen LogP) is 11.7. The van der Waals surface area contributed by atoms with E-state index in [4.69, 9.17) is 9.47 Å². The molecule has 0 aliphatic heterocycles. The Balaban J connectivity index is 1.21. The average molecular weight is 693 g/mol. The number of carbonyl (C=O) groups is 2. The minimum atomic E-state index is -1.12. The molecule has 0 bridgehead atoms. The molecule has 0 saturated heterocycles. The zero-order valence-electron chi connectivity index (χ0n) is 33.3. The molecule has 0 aromatic rings. The zero-order valence-corrected chi connectivity index (χ0v) is 33.3. The van der Waals surface area contributed by atoms with E-state index < -0.39 is 11.4 Å². The van der Waals surface area contributed by atoms with Gasteiger partial charge in [-0.1, -0.05) is 59.6 Å². The second kappa shape index (κ2) is 13.6. The molecule has 1 N–H and O–H groups in total. The number of esters is 1. The minimum Gasteiger partial charge on any atom is -0.498 e. The number of ether oxygens (including phenoxy) is 2. The number of aliphatic carboxylic acids is 1. The molecule has 50 heavy (non-hydrogen) atoms. The number of hydrogen-bond donors (Lipinski definition) is 1. The summed E-state index contributed by atoms with van der Waals surface area (Å²) in [5.41, 5.74) is 1.29. The van der Waals surface area contributed by atoms with Crippen LogP contribution in [0.4, 0.5) is 0 Å². The van der Waals surface area contributed by atoms with Crippen molar-refractivity contribution in [3.05, 3.63) is 24.0 Å². The lowest BCUT2D eigenvalue weighted by Gasteiger charge is -2.73. The lowest BCUT2D eigenvalue weighted by atomic mass is 9.32. The first-order valence-corrected chi connectivity index (χ1v) is 20.8. The molecule has 10 atom stereocenters. The Hall–Kier alpha value is -1.78. The second-order valence-electron chi connectivity index (χ2n) is 20.5. The fourth-order valence-corrected chi connectivity index (χ4v) is 14.2. The van der Waals surface area contributed by atoms with Crippen LogP contribution in [0.25, 0.3) is 0 Å². The molecule has 0 aromatic carbocycles. The first kappa shape index (κ1) is 38.0. The highest BCUT2D eigenvalue weighted by Crippen LogP contribution is 2.78. The van der Waals surface area contributed by atoms with Crippen LogP contribution in [0.1, 0.15) is 171 Å². The van der Waals surface area contributed by atoms with Crippen molar-refractivity contribution < 1.29 is 24.2 Å². The summed E-state index contributed by atoms with van der Waals surface area (Å²) in [6, 6.07) is 0. The van der Waals surface area contributed by atoms with Crippen molar-refractivity contribution >= 4 is 11.9 Å². The maximum absolute atomic E-state index is 13.1. The van der Waals surface area contributed by atoms with E-state index in [0.29, 0.717) is 34.5 Å². The summed E-state index contributed by atoms with van der Waals surface area (Å²) < 4.78 is 12.8. The van der Waals surface area contributed by atoms with Gasteiger partial charge < -0.3 is 14.6 Å². The smallest absolute Gasteiger partial charge is 0.309 e. The van der Waals surface area contributed by atoms with Gasteiger partial charge in [0.2, 0.25) is 0 Å². The van der Waals surface area contributed by atoms with E-state index >= 15 is 0 Å². The maximum atomic E-state index is 13.1. The average Bonchev–Trinajstić information content (AvgIpc) is 3.40. The largest absolute Gasteiger partial charge is 0.498 e. The third kappa shape index (κ3) is 6.22. The van der Waals surface area contributed by atoms with Crippen molar-refractivity contribution in [1.82, 2.24) is 0 Å². The lowest BCUT2D eigenvalue weighted by Crippen LogP contribution is -2.66. The normalized spacial score (nSPS) is 43.7. The number of allylic oxidation sites excluding steroid dienone is 3. The van der Waals surface area contributed by atoms with Crippen LogP contribution < -0.4 is 0 Å². The number of rotatable bonds is 9. The first-order valence-electron chi connectivity index (χ1n) is 20.8. The molecule has 5 heteroatoms. The van der Waals surface area contributed by atoms with Crippen molar-refractivity contribution in [1.29, 1.82) is 0 Å². The summed E-state index contributed by atoms with van der Waals surface area (Å²) >= 11 is 0. The Kier molecular flexibility index (Phi) is 10.3. The maximum Gasteiger partial charge on any atom is 0.309 e. The number of hydrogen-bond acceptors (Lipinski definition) is 4. The van der Waals surface area contributed by atoms with Crippen molar-refractivity contribution in [2.75, 3.05) is 6.61 Å². The molecule has 5 saturated carbocycles. The number of carboxylic acid groups (broad SMARTS) is 1. The molecule has 282 valence electrons. The van der Waals surface area contributed by atoms with Gasteiger partial charge in [0.05, 0.1) is 24.2 Å². The fraction of sp³-hybridized carbons (Fsp3) is 0.867. The zero-order chi connectivity index (χ0) is 36.3. The van der Waals surface area contributed by atoms with E-state index in [1.165, 1.54) is 101 Å². The van der Waals surface area contributed by atoms with Crippen LogP contribution in [-0.4, -0.2) is 29.8 Å². The van der Waals surface area contributed by atoms with Crippen LogP contribution in [0.2, 0.25) is 0 Å². The molecule has 5 fully saturated rings. The minimum absolute atomic E-state index is 0.0882. The van der Waals surface area contributed by atoms with Gasteiger partial charge in [-0.05, 0) is 168 Å². The Morgan fingerprint density at radius 2 is 1.62 bits per heavy atom. The topological polar surface area (TPSA) is 72.8 Å². The number of fused-ring (bicyclic) bond motifs is 7.